The van der Waals surface area contributed by atoms with Gasteiger partial charge in [0.1, 0.15) is 0 Å². The molecule has 1 heterocycles. The van der Waals surface area contributed by atoms with Crippen molar-refractivity contribution in [3.63, 3.8) is 0 Å². The SMILES string of the molecule is CNC(=O)C(C)(C)CNCc1ccc2ccccc2n1. The van der Waals surface area contributed by atoms with Crippen molar-refractivity contribution in [3.05, 3.63) is 42.1 Å². The minimum Gasteiger partial charge on any atom is -0.359 e. The summed E-state index contributed by atoms with van der Waals surface area (Å²) in [5.74, 6) is 0.0384. The lowest BCUT2D eigenvalue weighted by molar-refractivity contribution is -0.128. The van der Waals surface area contributed by atoms with E-state index >= 15 is 0 Å². The first-order valence-electron chi connectivity index (χ1n) is 6.80. The van der Waals surface area contributed by atoms with Gasteiger partial charge in [0, 0.05) is 25.5 Å². The van der Waals surface area contributed by atoms with Crippen LogP contribution in [-0.4, -0.2) is 24.5 Å². The third-order valence-electron chi connectivity index (χ3n) is 3.37. The van der Waals surface area contributed by atoms with Crippen molar-refractivity contribution in [1.82, 2.24) is 15.6 Å². The van der Waals surface area contributed by atoms with Gasteiger partial charge in [-0.25, -0.2) is 0 Å². The van der Waals surface area contributed by atoms with Crippen molar-refractivity contribution in [2.75, 3.05) is 13.6 Å². The minimum atomic E-state index is -0.425. The van der Waals surface area contributed by atoms with Gasteiger partial charge in [-0.2, -0.15) is 0 Å². The molecule has 2 N–H and O–H groups in total. The van der Waals surface area contributed by atoms with Gasteiger partial charge in [-0.05, 0) is 26.0 Å². The molecule has 0 atom stereocenters. The Morgan fingerprint density at radius 3 is 2.70 bits per heavy atom. The standard InChI is InChI=1S/C16H21N3O/c1-16(2,15(20)17-3)11-18-10-13-9-8-12-6-4-5-7-14(12)19-13/h4-9,18H,10-11H2,1-3H3,(H,17,20). The van der Waals surface area contributed by atoms with Crippen LogP contribution < -0.4 is 10.6 Å². The smallest absolute Gasteiger partial charge is 0.226 e. The van der Waals surface area contributed by atoms with Crippen LogP contribution in [0, 0.1) is 5.41 Å². The summed E-state index contributed by atoms with van der Waals surface area (Å²) >= 11 is 0. The van der Waals surface area contributed by atoms with E-state index in [4.69, 9.17) is 0 Å². The lowest BCUT2D eigenvalue weighted by Gasteiger charge is -2.22. The predicted octanol–water partition coefficient (Wildman–Crippen LogP) is 2.10. The molecule has 1 aromatic heterocycles. The molecule has 4 nitrogen and oxygen atoms in total. The maximum atomic E-state index is 11.7. The number of carbonyl (C=O) groups excluding carboxylic acids is 1. The molecule has 0 aliphatic heterocycles. The van der Waals surface area contributed by atoms with Crippen molar-refractivity contribution < 1.29 is 4.79 Å². The molecule has 0 bridgehead atoms. The zero-order valence-corrected chi connectivity index (χ0v) is 12.2. The normalized spacial score (nSPS) is 11.6. The number of nitrogens with zero attached hydrogens (tertiary/aromatic N) is 1. The van der Waals surface area contributed by atoms with Crippen molar-refractivity contribution in [3.8, 4) is 0 Å². The maximum absolute atomic E-state index is 11.7. The predicted molar refractivity (Wildman–Crippen MR) is 81.3 cm³/mol. The van der Waals surface area contributed by atoms with Gasteiger partial charge in [-0.3, -0.25) is 9.78 Å². The fraction of sp³-hybridized carbons (Fsp3) is 0.375. The molecule has 4 heteroatoms. The Balaban J connectivity index is 1.98. The molecule has 0 fully saturated rings. The van der Waals surface area contributed by atoms with Crippen LogP contribution in [0.25, 0.3) is 10.9 Å². The summed E-state index contributed by atoms with van der Waals surface area (Å²) in [5.41, 5.74) is 1.56. The highest BCUT2D eigenvalue weighted by atomic mass is 16.2. The van der Waals surface area contributed by atoms with Gasteiger partial charge in [0.15, 0.2) is 0 Å². The summed E-state index contributed by atoms with van der Waals surface area (Å²) < 4.78 is 0. The largest absolute Gasteiger partial charge is 0.359 e. The average molecular weight is 271 g/mol. The lowest BCUT2D eigenvalue weighted by atomic mass is 9.92. The Hall–Kier alpha value is -1.94. The zero-order valence-electron chi connectivity index (χ0n) is 12.2. The molecule has 0 saturated carbocycles. The number of carbonyl (C=O) groups is 1. The van der Waals surface area contributed by atoms with E-state index in [9.17, 15) is 4.79 Å². The van der Waals surface area contributed by atoms with Crippen LogP contribution in [-0.2, 0) is 11.3 Å². The second-order valence-corrected chi connectivity index (χ2v) is 5.56. The molecule has 2 rings (SSSR count). The minimum absolute atomic E-state index is 0.0384. The Morgan fingerprint density at radius 1 is 1.20 bits per heavy atom. The van der Waals surface area contributed by atoms with Crippen molar-refractivity contribution in [1.29, 1.82) is 0 Å². The topological polar surface area (TPSA) is 54.0 Å². The summed E-state index contributed by atoms with van der Waals surface area (Å²) in [7, 11) is 1.66. The van der Waals surface area contributed by atoms with Crippen LogP contribution in [0.3, 0.4) is 0 Å². The van der Waals surface area contributed by atoms with E-state index in [0.717, 1.165) is 16.6 Å². The number of benzene rings is 1. The molecule has 2 aromatic rings. The molecular formula is C16H21N3O. The van der Waals surface area contributed by atoms with E-state index in [1.54, 1.807) is 7.05 Å². The summed E-state index contributed by atoms with van der Waals surface area (Å²) in [4.78, 5) is 16.3. The first-order chi connectivity index (χ1) is 9.53. The summed E-state index contributed by atoms with van der Waals surface area (Å²) in [6.45, 7) is 5.12. The zero-order chi connectivity index (χ0) is 14.6. The number of rotatable bonds is 5. The van der Waals surface area contributed by atoms with Crippen molar-refractivity contribution in [2.24, 2.45) is 5.41 Å². The molecule has 0 saturated heterocycles. The highest BCUT2D eigenvalue weighted by Crippen LogP contribution is 2.14. The Morgan fingerprint density at radius 2 is 1.95 bits per heavy atom. The Kier molecular flexibility index (Phi) is 4.35. The van der Waals surface area contributed by atoms with Crippen LogP contribution >= 0.6 is 0 Å². The van der Waals surface area contributed by atoms with E-state index < -0.39 is 5.41 Å². The van der Waals surface area contributed by atoms with E-state index in [2.05, 4.69) is 21.7 Å². The van der Waals surface area contributed by atoms with Crippen molar-refractivity contribution >= 4 is 16.8 Å². The monoisotopic (exact) mass is 271 g/mol. The van der Waals surface area contributed by atoms with Crippen molar-refractivity contribution in [2.45, 2.75) is 20.4 Å². The number of nitrogens with one attached hydrogen (secondary N) is 2. The van der Waals surface area contributed by atoms with Gasteiger partial charge >= 0.3 is 0 Å². The fourth-order valence-electron chi connectivity index (χ4n) is 2.13. The molecule has 20 heavy (non-hydrogen) atoms. The second-order valence-electron chi connectivity index (χ2n) is 5.56. The highest BCUT2D eigenvalue weighted by Gasteiger charge is 2.25. The summed E-state index contributed by atoms with van der Waals surface area (Å²) in [6, 6.07) is 12.1. The van der Waals surface area contributed by atoms with Gasteiger partial charge in [-0.15, -0.1) is 0 Å². The molecular weight excluding hydrogens is 250 g/mol. The first kappa shape index (κ1) is 14.5. The lowest BCUT2D eigenvalue weighted by Crippen LogP contribution is -2.41. The third-order valence-corrected chi connectivity index (χ3v) is 3.37. The van der Waals surface area contributed by atoms with E-state index in [0.29, 0.717) is 13.1 Å². The van der Waals surface area contributed by atoms with Gasteiger partial charge in [0.05, 0.1) is 16.6 Å². The number of hydrogen-bond acceptors (Lipinski definition) is 3. The molecule has 0 spiro atoms. The first-order valence-corrected chi connectivity index (χ1v) is 6.80. The Labute approximate surface area is 119 Å². The molecule has 106 valence electrons. The van der Waals surface area contributed by atoms with Crippen LogP contribution in [0.1, 0.15) is 19.5 Å². The van der Waals surface area contributed by atoms with Crippen LogP contribution in [0.2, 0.25) is 0 Å². The number of aromatic nitrogens is 1. The Bertz CT molecular complexity index is 607. The van der Waals surface area contributed by atoms with E-state index in [1.165, 1.54) is 0 Å². The van der Waals surface area contributed by atoms with Crippen LogP contribution in [0.15, 0.2) is 36.4 Å². The van der Waals surface area contributed by atoms with Crippen LogP contribution in [0.4, 0.5) is 0 Å². The second kappa shape index (κ2) is 6.01. The van der Waals surface area contributed by atoms with Crippen LogP contribution in [0.5, 0.6) is 0 Å². The third kappa shape index (κ3) is 3.33. The molecule has 0 aliphatic carbocycles. The molecule has 0 radical (unpaired) electrons. The number of fused-ring (bicyclic) bond motifs is 1. The van der Waals surface area contributed by atoms with E-state index in [-0.39, 0.29) is 5.91 Å². The van der Waals surface area contributed by atoms with Gasteiger partial charge in [0.2, 0.25) is 5.91 Å². The maximum Gasteiger partial charge on any atom is 0.226 e. The van der Waals surface area contributed by atoms with Gasteiger partial charge in [0.25, 0.3) is 0 Å². The molecule has 0 unspecified atom stereocenters. The average Bonchev–Trinajstić information content (AvgIpc) is 2.46. The number of amides is 1. The molecule has 0 aliphatic rings. The molecule has 1 aromatic carbocycles. The fourth-order valence-corrected chi connectivity index (χ4v) is 2.13. The van der Waals surface area contributed by atoms with Gasteiger partial charge < -0.3 is 10.6 Å². The summed E-state index contributed by atoms with van der Waals surface area (Å²) in [5, 5.41) is 7.12. The summed E-state index contributed by atoms with van der Waals surface area (Å²) in [6.07, 6.45) is 0. The van der Waals surface area contributed by atoms with E-state index in [1.807, 2.05) is 44.2 Å². The number of hydrogen-bond donors (Lipinski definition) is 2. The quantitative estimate of drug-likeness (QED) is 0.875. The van der Waals surface area contributed by atoms with Gasteiger partial charge in [-0.1, -0.05) is 24.3 Å². The number of para-hydroxylation sites is 1. The highest BCUT2D eigenvalue weighted by molar-refractivity contribution is 5.81. The number of pyridine rings is 1. The molecule has 1 amide bonds.